The van der Waals surface area contributed by atoms with E-state index in [1.165, 1.54) is 19.3 Å². The van der Waals surface area contributed by atoms with Crippen LogP contribution in [0.4, 0.5) is 4.79 Å². The van der Waals surface area contributed by atoms with Crippen molar-refractivity contribution in [3.63, 3.8) is 0 Å². The lowest BCUT2D eigenvalue weighted by molar-refractivity contribution is 0.0186. The van der Waals surface area contributed by atoms with E-state index in [0.29, 0.717) is 38.7 Å². The number of nitrogens with two attached hydrogens (primary N) is 1. The van der Waals surface area contributed by atoms with Crippen molar-refractivity contribution in [2.75, 3.05) is 39.3 Å². The highest BCUT2D eigenvalue weighted by atomic mass is 127. The average molecular weight is 496 g/mol. The van der Waals surface area contributed by atoms with Gasteiger partial charge in [0.15, 0.2) is 5.96 Å². The minimum Gasteiger partial charge on any atom is -0.444 e. The molecule has 3 N–H and O–H groups in total. The number of aliphatic imine (C=N–C) groups is 1. The number of aliphatic hydroxyl groups is 1. The summed E-state index contributed by atoms with van der Waals surface area (Å²) in [5.41, 5.74) is 5.85. The number of amides is 1. The molecule has 27 heavy (non-hydrogen) atoms. The summed E-state index contributed by atoms with van der Waals surface area (Å²) in [5.74, 6) is 0.553. The van der Waals surface area contributed by atoms with Crippen molar-refractivity contribution in [2.45, 2.75) is 64.9 Å². The van der Waals surface area contributed by atoms with Crippen LogP contribution in [-0.2, 0) is 4.74 Å². The quantitative estimate of drug-likeness (QED) is 0.355. The molecule has 0 aromatic rings. The third-order valence-electron chi connectivity index (χ3n) is 5.39. The van der Waals surface area contributed by atoms with E-state index in [1.54, 1.807) is 4.90 Å². The molecule has 0 aromatic heterocycles. The summed E-state index contributed by atoms with van der Waals surface area (Å²) >= 11 is 0. The molecule has 2 aliphatic rings. The molecule has 1 saturated carbocycles. The van der Waals surface area contributed by atoms with Gasteiger partial charge in [-0.15, -0.1) is 24.0 Å². The number of halogens is 1. The number of guanidine groups is 1. The Morgan fingerprint density at radius 3 is 2.19 bits per heavy atom. The molecule has 1 saturated heterocycles. The molecule has 158 valence electrons. The van der Waals surface area contributed by atoms with E-state index in [2.05, 4.69) is 4.99 Å². The summed E-state index contributed by atoms with van der Waals surface area (Å²) in [6.07, 6.45) is 6.48. The Morgan fingerprint density at radius 2 is 1.67 bits per heavy atom. The maximum absolute atomic E-state index is 12.1. The Labute approximate surface area is 180 Å². The molecule has 0 unspecified atom stereocenters. The van der Waals surface area contributed by atoms with E-state index in [0.717, 1.165) is 19.3 Å². The summed E-state index contributed by atoms with van der Waals surface area (Å²) in [5, 5.41) is 9.42. The first-order valence-corrected chi connectivity index (χ1v) is 9.88. The Morgan fingerprint density at radius 1 is 1.11 bits per heavy atom. The summed E-state index contributed by atoms with van der Waals surface area (Å²) in [4.78, 5) is 20.6. The molecule has 7 nitrogen and oxygen atoms in total. The van der Waals surface area contributed by atoms with Crippen LogP contribution in [0, 0.1) is 5.41 Å². The number of piperazine rings is 1. The fraction of sp³-hybridized carbons (Fsp3) is 0.895. The first-order valence-electron chi connectivity index (χ1n) is 9.88. The second-order valence-electron chi connectivity index (χ2n) is 8.66. The fourth-order valence-electron chi connectivity index (χ4n) is 3.82. The molecule has 1 aliphatic heterocycles. The predicted octanol–water partition coefficient (Wildman–Crippen LogP) is 2.80. The largest absolute Gasteiger partial charge is 0.444 e. The molecule has 1 heterocycles. The van der Waals surface area contributed by atoms with Crippen LogP contribution < -0.4 is 5.73 Å². The van der Waals surface area contributed by atoms with Gasteiger partial charge in [0.05, 0.1) is 0 Å². The van der Waals surface area contributed by atoms with E-state index >= 15 is 0 Å². The van der Waals surface area contributed by atoms with Crippen LogP contribution in [0.15, 0.2) is 4.99 Å². The van der Waals surface area contributed by atoms with Crippen molar-refractivity contribution in [1.29, 1.82) is 0 Å². The number of hydrogen-bond acceptors (Lipinski definition) is 4. The van der Waals surface area contributed by atoms with Gasteiger partial charge in [-0.1, -0.05) is 19.3 Å². The molecular formula is C19H37IN4O3. The van der Waals surface area contributed by atoms with Gasteiger partial charge < -0.3 is 25.4 Å². The predicted molar refractivity (Wildman–Crippen MR) is 119 cm³/mol. The number of carbonyl (C=O) groups is 1. The minimum atomic E-state index is -0.476. The van der Waals surface area contributed by atoms with E-state index in [9.17, 15) is 9.90 Å². The minimum absolute atomic E-state index is 0. The maximum Gasteiger partial charge on any atom is 0.410 e. The first kappa shape index (κ1) is 24.3. The van der Waals surface area contributed by atoms with Gasteiger partial charge in [-0.05, 0) is 45.4 Å². The second-order valence-corrected chi connectivity index (χ2v) is 8.66. The number of hydrogen-bond donors (Lipinski definition) is 2. The lowest BCUT2D eigenvalue weighted by Gasteiger charge is -2.38. The SMILES string of the molecule is CC(C)(C)OC(=O)N1CCN(C(N)=NCC2(CCO)CCCCC2)CC1.I. The Hall–Kier alpha value is -0.770. The van der Waals surface area contributed by atoms with Crippen LogP contribution in [0.2, 0.25) is 0 Å². The van der Waals surface area contributed by atoms with E-state index in [4.69, 9.17) is 10.5 Å². The summed E-state index contributed by atoms with van der Waals surface area (Å²) < 4.78 is 5.42. The Bertz CT molecular complexity index is 488. The lowest BCUT2D eigenvalue weighted by Crippen LogP contribution is -2.53. The zero-order chi connectivity index (χ0) is 19.2. The smallest absolute Gasteiger partial charge is 0.410 e. The Balaban J connectivity index is 0.00000364. The molecular weight excluding hydrogens is 459 g/mol. The van der Waals surface area contributed by atoms with Crippen molar-refractivity contribution in [1.82, 2.24) is 9.80 Å². The van der Waals surface area contributed by atoms with Crippen molar-refractivity contribution < 1.29 is 14.6 Å². The maximum atomic E-state index is 12.1. The molecule has 0 spiro atoms. The monoisotopic (exact) mass is 496 g/mol. The third-order valence-corrected chi connectivity index (χ3v) is 5.39. The number of aliphatic hydroxyl groups excluding tert-OH is 1. The third kappa shape index (κ3) is 7.63. The number of ether oxygens (including phenoxy) is 1. The van der Waals surface area contributed by atoms with Crippen LogP contribution in [0.5, 0.6) is 0 Å². The summed E-state index contributed by atoms with van der Waals surface area (Å²) in [6.45, 7) is 9.04. The molecule has 0 radical (unpaired) electrons. The standard InChI is InChI=1S/C19H36N4O3.HI/c1-18(2,3)26-17(25)23-12-10-22(11-13-23)16(20)21-15-19(9-14-24)7-5-4-6-8-19;/h24H,4-15H2,1-3H3,(H2,20,21);1H. The number of rotatable bonds is 4. The highest BCUT2D eigenvalue weighted by Gasteiger charge is 2.32. The van der Waals surface area contributed by atoms with Crippen LogP contribution in [0.3, 0.4) is 0 Å². The molecule has 0 atom stereocenters. The van der Waals surface area contributed by atoms with Crippen molar-refractivity contribution in [3.05, 3.63) is 0 Å². The first-order chi connectivity index (χ1) is 12.2. The molecule has 2 rings (SSSR count). The van der Waals surface area contributed by atoms with Crippen LogP contribution in [0.25, 0.3) is 0 Å². The zero-order valence-corrected chi connectivity index (χ0v) is 19.4. The lowest BCUT2D eigenvalue weighted by atomic mass is 9.72. The van der Waals surface area contributed by atoms with Gasteiger partial charge in [-0.25, -0.2) is 4.79 Å². The van der Waals surface area contributed by atoms with Gasteiger partial charge in [-0.2, -0.15) is 0 Å². The number of nitrogens with zero attached hydrogens (tertiary/aromatic N) is 3. The molecule has 8 heteroatoms. The topological polar surface area (TPSA) is 91.4 Å². The average Bonchev–Trinajstić information content (AvgIpc) is 2.59. The van der Waals surface area contributed by atoms with Crippen LogP contribution in [0.1, 0.15) is 59.3 Å². The van der Waals surface area contributed by atoms with E-state index < -0.39 is 5.60 Å². The molecule has 0 bridgehead atoms. The molecule has 1 aliphatic carbocycles. The highest BCUT2D eigenvalue weighted by Crippen LogP contribution is 2.39. The molecule has 1 amide bonds. The van der Waals surface area contributed by atoms with E-state index in [1.807, 2.05) is 25.7 Å². The van der Waals surface area contributed by atoms with Gasteiger partial charge in [0.1, 0.15) is 5.60 Å². The van der Waals surface area contributed by atoms with Crippen LogP contribution in [-0.4, -0.2) is 71.9 Å². The highest BCUT2D eigenvalue weighted by molar-refractivity contribution is 14.0. The van der Waals surface area contributed by atoms with Gasteiger partial charge in [0, 0.05) is 39.3 Å². The number of carbonyl (C=O) groups excluding carboxylic acids is 1. The molecule has 2 fully saturated rings. The van der Waals surface area contributed by atoms with Gasteiger partial charge in [0.25, 0.3) is 0 Å². The normalized spacial score (nSPS) is 20.8. The zero-order valence-electron chi connectivity index (χ0n) is 17.1. The van der Waals surface area contributed by atoms with Crippen molar-refractivity contribution in [3.8, 4) is 0 Å². The van der Waals surface area contributed by atoms with Gasteiger partial charge in [0.2, 0.25) is 0 Å². The summed E-state index contributed by atoms with van der Waals surface area (Å²) in [6, 6.07) is 0. The Kier molecular flexibility index (Phi) is 9.61. The fourth-order valence-corrected chi connectivity index (χ4v) is 3.82. The van der Waals surface area contributed by atoms with Crippen molar-refractivity contribution in [2.24, 2.45) is 16.1 Å². The summed E-state index contributed by atoms with van der Waals surface area (Å²) in [7, 11) is 0. The van der Waals surface area contributed by atoms with Gasteiger partial charge >= 0.3 is 6.09 Å². The van der Waals surface area contributed by atoms with Crippen molar-refractivity contribution >= 4 is 36.0 Å². The molecule has 0 aromatic carbocycles. The van der Waals surface area contributed by atoms with Gasteiger partial charge in [-0.3, -0.25) is 4.99 Å². The van der Waals surface area contributed by atoms with E-state index in [-0.39, 0.29) is 42.1 Å². The van der Waals surface area contributed by atoms with Crippen LogP contribution >= 0.6 is 24.0 Å². The second kappa shape index (κ2) is 10.7.